The molecule has 1 saturated heterocycles. The van der Waals surface area contributed by atoms with Crippen molar-refractivity contribution in [2.24, 2.45) is 22.7 Å². The monoisotopic (exact) mass is 370 g/mol. The minimum Gasteiger partial charge on any atom is -0.353 e. The fraction of sp³-hybridized carbons (Fsp3) is 0.682. The molecule has 5 unspecified atom stereocenters. The second-order valence-electron chi connectivity index (χ2n) is 9.64. The molecule has 138 valence electrons. The highest BCUT2D eigenvalue weighted by Crippen LogP contribution is 2.95. The van der Waals surface area contributed by atoms with Gasteiger partial charge in [-0.2, -0.15) is 0 Å². The minimum atomic E-state index is -0.0816. The minimum absolute atomic E-state index is 0.00474. The highest BCUT2D eigenvalue weighted by molar-refractivity contribution is 6.27. The number of hydrogen-bond acceptors (Lipinski definition) is 2. The first-order valence-electron chi connectivity index (χ1n) is 10.3. The van der Waals surface area contributed by atoms with Gasteiger partial charge in [0.05, 0.1) is 10.3 Å². The van der Waals surface area contributed by atoms with E-state index < -0.39 is 0 Å². The second-order valence-corrected chi connectivity index (χ2v) is 10.4. The zero-order valence-electron chi connectivity index (χ0n) is 15.2. The van der Waals surface area contributed by atoms with Crippen LogP contribution in [0.4, 0.5) is 0 Å². The first kappa shape index (κ1) is 15.9. The van der Waals surface area contributed by atoms with Gasteiger partial charge in [0.2, 0.25) is 5.91 Å². The van der Waals surface area contributed by atoms with Gasteiger partial charge in [-0.1, -0.05) is 30.3 Å². The summed E-state index contributed by atoms with van der Waals surface area (Å²) >= 11 is 6.84. The maximum absolute atomic E-state index is 13.2. The molecule has 26 heavy (non-hydrogen) atoms. The van der Waals surface area contributed by atoms with Gasteiger partial charge in [0.1, 0.15) is 0 Å². The van der Waals surface area contributed by atoms with Crippen LogP contribution >= 0.6 is 11.6 Å². The quantitative estimate of drug-likeness (QED) is 0.822. The van der Waals surface area contributed by atoms with Crippen LogP contribution < -0.4 is 5.32 Å². The molecule has 1 N–H and O–H groups in total. The molecule has 0 aromatic heterocycles. The number of carbonyl (C=O) groups is 1. The molecule has 4 saturated carbocycles. The smallest absolute Gasteiger partial charge is 0.227 e. The summed E-state index contributed by atoms with van der Waals surface area (Å²) < 4.78 is 0. The molecule has 6 rings (SSSR count). The summed E-state index contributed by atoms with van der Waals surface area (Å²) in [5.74, 6) is 1.85. The van der Waals surface area contributed by atoms with Crippen LogP contribution in [0.3, 0.4) is 0 Å². The Hall–Kier alpha value is -1.06. The van der Waals surface area contributed by atoms with Gasteiger partial charge < -0.3 is 5.32 Å². The molecule has 1 heterocycles. The Bertz CT molecular complexity index is 755. The lowest BCUT2D eigenvalue weighted by atomic mass is 9.12. The molecule has 1 aromatic carbocycles. The van der Waals surface area contributed by atoms with E-state index in [0.29, 0.717) is 11.9 Å². The number of alkyl halides is 1. The van der Waals surface area contributed by atoms with Crippen molar-refractivity contribution in [3.63, 3.8) is 0 Å². The van der Waals surface area contributed by atoms with Gasteiger partial charge in [-0.15, -0.1) is 11.6 Å². The Balaban J connectivity index is 1.06. The first-order chi connectivity index (χ1) is 12.6. The van der Waals surface area contributed by atoms with Crippen molar-refractivity contribution in [3.05, 3.63) is 35.9 Å². The van der Waals surface area contributed by atoms with E-state index in [9.17, 15) is 4.79 Å². The van der Waals surface area contributed by atoms with E-state index in [4.69, 9.17) is 11.6 Å². The third-order valence-electron chi connectivity index (χ3n) is 8.74. The Morgan fingerprint density at radius 1 is 1.15 bits per heavy atom. The number of halogens is 1. The predicted molar refractivity (Wildman–Crippen MR) is 102 cm³/mol. The zero-order chi connectivity index (χ0) is 17.6. The largest absolute Gasteiger partial charge is 0.353 e. The first-order valence-corrected chi connectivity index (χ1v) is 10.7. The van der Waals surface area contributed by atoms with Crippen LogP contribution in [-0.2, 0) is 11.3 Å². The van der Waals surface area contributed by atoms with Crippen molar-refractivity contribution in [2.45, 2.75) is 56.0 Å². The average Bonchev–Trinajstić information content (AvgIpc) is 2.59. The zero-order valence-corrected chi connectivity index (χ0v) is 16.0. The number of rotatable bonds is 4. The molecule has 4 heteroatoms. The number of nitrogens with one attached hydrogen (secondary N) is 1. The van der Waals surface area contributed by atoms with Gasteiger partial charge in [0, 0.05) is 31.1 Å². The van der Waals surface area contributed by atoms with Crippen LogP contribution in [0, 0.1) is 22.7 Å². The maximum atomic E-state index is 13.2. The van der Waals surface area contributed by atoms with Crippen LogP contribution in [-0.4, -0.2) is 34.8 Å². The molecule has 0 radical (unpaired) electrons. The number of piperidine rings is 1. The van der Waals surface area contributed by atoms with E-state index in [0.717, 1.165) is 63.6 Å². The third kappa shape index (κ3) is 1.69. The van der Waals surface area contributed by atoms with Crippen LogP contribution in [0.5, 0.6) is 0 Å². The average molecular weight is 371 g/mol. The third-order valence-corrected chi connectivity index (χ3v) is 9.34. The standard InChI is InChI=1S/C22H27ClN2O/c23-21-12-17-10-16-11-20(14-21,22(16,17)21)19(26)24-18-6-8-25(9-7-18)13-15-4-2-1-3-5-15/h1-5,16-18H,6-14H2,(H,24,26). The molecular weight excluding hydrogens is 344 g/mol. The predicted octanol–water partition coefficient (Wildman–Crippen LogP) is 3.56. The maximum Gasteiger partial charge on any atom is 0.227 e. The molecule has 5 aliphatic rings. The Kier molecular flexibility index (Phi) is 3.10. The van der Waals surface area contributed by atoms with E-state index in [1.165, 1.54) is 12.0 Å². The molecule has 1 spiro atoms. The van der Waals surface area contributed by atoms with Crippen LogP contribution in [0.2, 0.25) is 0 Å². The van der Waals surface area contributed by atoms with Crippen molar-refractivity contribution in [1.82, 2.24) is 10.2 Å². The van der Waals surface area contributed by atoms with Crippen molar-refractivity contribution >= 4 is 17.5 Å². The van der Waals surface area contributed by atoms with E-state index in [2.05, 4.69) is 40.5 Å². The van der Waals surface area contributed by atoms with Gasteiger partial charge in [-0.25, -0.2) is 0 Å². The highest BCUT2D eigenvalue weighted by atomic mass is 35.5. The van der Waals surface area contributed by atoms with Crippen molar-refractivity contribution in [1.29, 1.82) is 0 Å². The second kappa shape index (κ2) is 5.05. The molecule has 5 fully saturated rings. The number of likely N-dealkylation sites (tertiary alicyclic amines) is 1. The number of hydrogen-bond donors (Lipinski definition) is 1. The Labute approximate surface area is 160 Å². The van der Waals surface area contributed by atoms with Crippen LogP contribution in [0.25, 0.3) is 0 Å². The van der Waals surface area contributed by atoms with Gasteiger partial charge in [0.25, 0.3) is 0 Å². The molecule has 3 nitrogen and oxygen atoms in total. The van der Waals surface area contributed by atoms with Gasteiger partial charge in [-0.05, 0) is 55.9 Å². The SMILES string of the molecule is O=C(NC1CCN(Cc2ccccc2)CC1)C12CC3CC4CC(Cl)(C1)C432. The summed E-state index contributed by atoms with van der Waals surface area (Å²) in [4.78, 5) is 15.7. The summed E-state index contributed by atoms with van der Waals surface area (Å²) in [6.07, 6.45) is 6.68. The molecular formula is C22H27ClN2O. The lowest BCUT2D eigenvalue weighted by Gasteiger charge is -2.93. The number of nitrogens with zero attached hydrogens (tertiary/aromatic N) is 1. The van der Waals surface area contributed by atoms with Crippen molar-refractivity contribution < 1.29 is 4.79 Å². The summed E-state index contributed by atoms with van der Waals surface area (Å²) in [6, 6.07) is 11.0. The summed E-state index contributed by atoms with van der Waals surface area (Å²) in [6.45, 7) is 3.16. The number of carbonyl (C=O) groups excluding carboxylic acids is 1. The fourth-order valence-electron chi connectivity index (χ4n) is 7.78. The Morgan fingerprint density at radius 3 is 2.54 bits per heavy atom. The van der Waals surface area contributed by atoms with E-state index >= 15 is 0 Å². The van der Waals surface area contributed by atoms with Crippen molar-refractivity contribution in [2.75, 3.05) is 13.1 Å². The lowest BCUT2D eigenvalue weighted by molar-refractivity contribution is -0.398. The molecule has 0 bridgehead atoms. The van der Waals surface area contributed by atoms with Crippen LogP contribution in [0.15, 0.2) is 30.3 Å². The van der Waals surface area contributed by atoms with E-state index in [1.807, 2.05) is 0 Å². The number of benzene rings is 1. The summed E-state index contributed by atoms with van der Waals surface area (Å²) in [5, 5.41) is 3.44. The topological polar surface area (TPSA) is 32.3 Å². The molecule has 1 amide bonds. The normalized spacial score (nSPS) is 45.9. The van der Waals surface area contributed by atoms with E-state index in [-0.39, 0.29) is 15.7 Å². The molecule has 1 aromatic rings. The lowest BCUT2D eigenvalue weighted by Crippen LogP contribution is -2.94. The van der Waals surface area contributed by atoms with E-state index in [1.54, 1.807) is 0 Å². The highest BCUT2D eigenvalue weighted by Gasteiger charge is 2.95. The summed E-state index contributed by atoms with van der Waals surface area (Å²) in [5.41, 5.74) is 1.52. The van der Waals surface area contributed by atoms with Gasteiger partial charge in [-0.3, -0.25) is 9.69 Å². The molecule has 5 atom stereocenters. The summed E-state index contributed by atoms with van der Waals surface area (Å²) in [7, 11) is 0. The van der Waals surface area contributed by atoms with Gasteiger partial charge in [0.15, 0.2) is 0 Å². The fourth-order valence-corrected chi connectivity index (χ4v) is 8.68. The molecule has 1 aliphatic heterocycles. The van der Waals surface area contributed by atoms with Crippen molar-refractivity contribution in [3.8, 4) is 0 Å². The van der Waals surface area contributed by atoms with Crippen LogP contribution in [0.1, 0.15) is 44.1 Å². The Morgan fingerprint density at radius 2 is 1.88 bits per heavy atom. The number of amides is 1. The van der Waals surface area contributed by atoms with Gasteiger partial charge >= 0.3 is 0 Å². The molecule has 4 aliphatic carbocycles.